The Kier molecular flexibility index (Phi) is 4.29. The van der Waals surface area contributed by atoms with E-state index in [4.69, 9.17) is 23.2 Å². The van der Waals surface area contributed by atoms with E-state index in [1.807, 2.05) is 12.1 Å². The zero-order valence-electron chi connectivity index (χ0n) is 13.2. The predicted octanol–water partition coefficient (Wildman–Crippen LogP) is 3.83. The van der Waals surface area contributed by atoms with Crippen LogP contribution in [-0.2, 0) is 11.3 Å². The Balaban J connectivity index is 1.47. The quantitative estimate of drug-likeness (QED) is 0.807. The number of rotatable bonds is 2. The fourth-order valence-electron chi connectivity index (χ4n) is 4.74. The van der Waals surface area contributed by atoms with Crippen LogP contribution in [0.25, 0.3) is 0 Å². The van der Waals surface area contributed by atoms with Crippen LogP contribution in [0.15, 0.2) is 18.2 Å². The molecule has 0 aromatic heterocycles. The third-order valence-corrected chi connectivity index (χ3v) is 6.38. The summed E-state index contributed by atoms with van der Waals surface area (Å²) < 4.78 is 0. The number of hydrogen-bond donors (Lipinski definition) is 0. The zero-order chi connectivity index (χ0) is 16.0. The van der Waals surface area contributed by atoms with E-state index in [1.165, 1.54) is 18.4 Å². The first-order valence-corrected chi connectivity index (χ1v) is 9.31. The lowest BCUT2D eigenvalue weighted by Gasteiger charge is -2.52. The summed E-state index contributed by atoms with van der Waals surface area (Å²) in [5.74, 6) is 1.64. The Labute approximate surface area is 147 Å². The van der Waals surface area contributed by atoms with E-state index in [0.29, 0.717) is 33.8 Å². The maximum absolute atomic E-state index is 12.2. The summed E-state index contributed by atoms with van der Waals surface area (Å²) in [4.78, 5) is 16.9. The van der Waals surface area contributed by atoms with Gasteiger partial charge in [-0.1, -0.05) is 29.3 Å². The maximum Gasteiger partial charge on any atom is 0.222 e. The first-order valence-electron chi connectivity index (χ1n) is 8.56. The molecule has 4 rings (SSSR count). The summed E-state index contributed by atoms with van der Waals surface area (Å²) >= 11 is 12.1. The summed E-state index contributed by atoms with van der Waals surface area (Å²) in [6.45, 7) is 4.04. The number of benzene rings is 1. The highest BCUT2D eigenvalue weighted by atomic mass is 35.5. The van der Waals surface area contributed by atoms with E-state index in [-0.39, 0.29) is 0 Å². The molecule has 1 aromatic carbocycles. The number of carbonyl (C=O) groups excluding carboxylic acids is 1. The van der Waals surface area contributed by atoms with Crippen LogP contribution in [0.2, 0.25) is 10.0 Å². The van der Waals surface area contributed by atoms with Gasteiger partial charge in [-0.15, -0.1) is 0 Å². The molecule has 3 nitrogen and oxygen atoms in total. The summed E-state index contributed by atoms with van der Waals surface area (Å²) in [6, 6.07) is 6.40. The standard InChI is InChI=1S/C18H22Cl2N2O/c19-15-5-4-12(7-16(15)20)8-21-9-13-6-14(11-21)17-2-1-3-18(23)22(17)10-13/h4-5,7,13-14,17H,1-3,6,8-11H2/t13-,14-,17-/m0/s1. The van der Waals surface area contributed by atoms with Gasteiger partial charge >= 0.3 is 0 Å². The summed E-state index contributed by atoms with van der Waals surface area (Å²) in [5.41, 5.74) is 1.22. The van der Waals surface area contributed by atoms with Crippen molar-refractivity contribution in [2.45, 2.75) is 38.3 Å². The molecule has 3 heterocycles. The molecule has 2 bridgehead atoms. The number of piperidine rings is 3. The highest BCUT2D eigenvalue weighted by molar-refractivity contribution is 6.42. The van der Waals surface area contributed by atoms with E-state index in [0.717, 1.165) is 39.0 Å². The molecule has 3 fully saturated rings. The Hall–Kier alpha value is -0.770. The lowest BCUT2D eigenvalue weighted by atomic mass is 9.76. The van der Waals surface area contributed by atoms with Crippen LogP contribution in [0.1, 0.15) is 31.2 Å². The normalized spacial score (nSPS) is 31.1. The third-order valence-electron chi connectivity index (χ3n) is 5.65. The van der Waals surface area contributed by atoms with E-state index in [9.17, 15) is 4.79 Å². The fraction of sp³-hybridized carbons (Fsp3) is 0.611. The minimum atomic E-state index is 0.383. The van der Waals surface area contributed by atoms with Gasteiger partial charge in [0.15, 0.2) is 0 Å². The monoisotopic (exact) mass is 352 g/mol. The van der Waals surface area contributed by atoms with Crippen LogP contribution >= 0.6 is 23.2 Å². The van der Waals surface area contributed by atoms with Gasteiger partial charge < -0.3 is 4.90 Å². The minimum absolute atomic E-state index is 0.383. The molecule has 3 saturated heterocycles. The highest BCUT2D eigenvalue weighted by Crippen LogP contribution is 2.38. The van der Waals surface area contributed by atoms with Gasteiger partial charge in [-0.2, -0.15) is 0 Å². The highest BCUT2D eigenvalue weighted by Gasteiger charge is 2.43. The molecule has 23 heavy (non-hydrogen) atoms. The predicted molar refractivity (Wildman–Crippen MR) is 92.7 cm³/mol. The number of halogens is 2. The first kappa shape index (κ1) is 15.7. The number of hydrogen-bond acceptors (Lipinski definition) is 2. The van der Waals surface area contributed by atoms with Crippen molar-refractivity contribution >= 4 is 29.1 Å². The van der Waals surface area contributed by atoms with Crippen molar-refractivity contribution in [3.05, 3.63) is 33.8 Å². The molecule has 3 aliphatic rings. The van der Waals surface area contributed by atoms with E-state index >= 15 is 0 Å². The lowest BCUT2D eigenvalue weighted by molar-refractivity contribution is -0.145. The van der Waals surface area contributed by atoms with Gasteiger partial charge in [0, 0.05) is 38.6 Å². The summed E-state index contributed by atoms with van der Waals surface area (Å²) in [5, 5.41) is 1.24. The van der Waals surface area contributed by atoms with Crippen LogP contribution in [0, 0.1) is 11.8 Å². The number of fused-ring (bicyclic) bond motifs is 4. The van der Waals surface area contributed by atoms with Gasteiger partial charge in [0.2, 0.25) is 5.91 Å². The van der Waals surface area contributed by atoms with Crippen LogP contribution < -0.4 is 0 Å². The van der Waals surface area contributed by atoms with Crippen molar-refractivity contribution in [1.82, 2.24) is 9.80 Å². The molecule has 0 N–H and O–H groups in total. The molecular weight excluding hydrogens is 331 g/mol. The largest absolute Gasteiger partial charge is 0.339 e. The molecule has 1 aromatic rings. The topological polar surface area (TPSA) is 23.6 Å². The average Bonchev–Trinajstić information content (AvgIpc) is 2.52. The maximum atomic E-state index is 12.2. The van der Waals surface area contributed by atoms with E-state index in [2.05, 4.69) is 15.9 Å². The molecule has 0 aliphatic carbocycles. The molecule has 0 saturated carbocycles. The van der Waals surface area contributed by atoms with Gasteiger partial charge in [0.25, 0.3) is 0 Å². The van der Waals surface area contributed by atoms with Crippen molar-refractivity contribution in [3.8, 4) is 0 Å². The Morgan fingerprint density at radius 2 is 2.00 bits per heavy atom. The first-order chi connectivity index (χ1) is 11.1. The van der Waals surface area contributed by atoms with Crippen molar-refractivity contribution in [1.29, 1.82) is 0 Å². The minimum Gasteiger partial charge on any atom is -0.339 e. The summed E-state index contributed by atoms with van der Waals surface area (Å²) in [7, 11) is 0. The SMILES string of the molecule is O=C1CCC[C@H]2[C@H]3C[C@@H](CN(Cc4ccc(Cl)c(Cl)c4)C3)CN12. The molecule has 0 spiro atoms. The summed E-state index contributed by atoms with van der Waals surface area (Å²) in [6.07, 6.45) is 4.28. The average molecular weight is 353 g/mol. The zero-order valence-corrected chi connectivity index (χ0v) is 14.7. The van der Waals surface area contributed by atoms with E-state index in [1.54, 1.807) is 0 Å². The van der Waals surface area contributed by atoms with Crippen molar-refractivity contribution in [2.24, 2.45) is 11.8 Å². The van der Waals surface area contributed by atoms with E-state index < -0.39 is 0 Å². The van der Waals surface area contributed by atoms with Crippen LogP contribution in [0.3, 0.4) is 0 Å². The number of amides is 1. The Morgan fingerprint density at radius 3 is 2.83 bits per heavy atom. The van der Waals surface area contributed by atoms with Gasteiger partial charge in [-0.25, -0.2) is 0 Å². The number of nitrogens with zero attached hydrogens (tertiary/aromatic N) is 2. The Bertz CT molecular complexity index is 621. The van der Waals surface area contributed by atoms with Crippen LogP contribution in [0.4, 0.5) is 0 Å². The van der Waals surface area contributed by atoms with Gasteiger partial charge in [-0.05, 0) is 48.8 Å². The molecule has 0 radical (unpaired) electrons. The van der Waals surface area contributed by atoms with Crippen molar-refractivity contribution < 1.29 is 4.79 Å². The van der Waals surface area contributed by atoms with Crippen LogP contribution in [-0.4, -0.2) is 41.4 Å². The lowest BCUT2D eigenvalue weighted by Crippen LogP contribution is -2.60. The third kappa shape index (κ3) is 3.11. The number of likely N-dealkylation sites (tertiary alicyclic amines) is 1. The van der Waals surface area contributed by atoms with Crippen molar-refractivity contribution in [2.75, 3.05) is 19.6 Å². The molecule has 5 heteroatoms. The molecule has 3 atom stereocenters. The van der Waals surface area contributed by atoms with Crippen LogP contribution in [0.5, 0.6) is 0 Å². The number of carbonyl (C=O) groups is 1. The fourth-order valence-corrected chi connectivity index (χ4v) is 5.06. The van der Waals surface area contributed by atoms with Gasteiger partial charge in [0.1, 0.15) is 0 Å². The molecule has 3 aliphatic heterocycles. The van der Waals surface area contributed by atoms with Gasteiger partial charge in [-0.3, -0.25) is 9.69 Å². The Morgan fingerprint density at radius 1 is 1.13 bits per heavy atom. The molecule has 0 unspecified atom stereocenters. The second-order valence-electron chi connectivity index (χ2n) is 7.31. The van der Waals surface area contributed by atoms with Crippen molar-refractivity contribution in [3.63, 3.8) is 0 Å². The molecule has 1 amide bonds. The smallest absolute Gasteiger partial charge is 0.222 e. The molecular formula is C18H22Cl2N2O. The molecule has 124 valence electrons. The second kappa shape index (κ2) is 6.27. The second-order valence-corrected chi connectivity index (χ2v) is 8.12. The van der Waals surface area contributed by atoms with Gasteiger partial charge in [0.05, 0.1) is 10.0 Å².